The normalized spacial score (nSPS) is 19.0. The quantitative estimate of drug-likeness (QED) is 0.577. The molecule has 1 saturated heterocycles. The van der Waals surface area contributed by atoms with Crippen LogP contribution < -0.4 is 4.74 Å². The maximum Gasteiger partial charge on any atom is 0.410 e. The van der Waals surface area contributed by atoms with Gasteiger partial charge in [-0.2, -0.15) is 0 Å². The van der Waals surface area contributed by atoms with Crippen LogP contribution in [0.25, 0.3) is 0 Å². The molecule has 0 spiro atoms. The molecule has 2 atom stereocenters. The molecular weight excluding hydrogens is 414 g/mol. The van der Waals surface area contributed by atoms with E-state index in [9.17, 15) is 13.2 Å². The van der Waals surface area contributed by atoms with Crippen LogP contribution >= 0.6 is 0 Å². The molecule has 31 heavy (non-hydrogen) atoms. The van der Waals surface area contributed by atoms with E-state index in [0.29, 0.717) is 11.3 Å². The number of sulfone groups is 1. The van der Waals surface area contributed by atoms with Crippen molar-refractivity contribution in [1.29, 1.82) is 0 Å². The number of methoxy groups -OCH3 is 1. The standard InChI is InChI=1S/C24H23NO5S/c1-29-20-14-12-18(13-15-20)16-25-17-22(31(27,28)21-10-6-3-7-11-21)23(30-24(25)26)19-8-4-2-5-9-19/h2-15,22-23H,16-17H2,1H3/t22-,23-/m1/s1. The van der Waals surface area contributed by atoms with E-state index in [1.54, 1.807) is 73.8 Å². The first-order valence-electron chi connectivity index (χ1n) is 9.91. The molecule has 1 heterocycles. The van der Waals surface area contributed by atoms with Crippen LogP contribution in [0.3, 0.4) is 0 Å². The number of nitrogens with zero attached hydrogens (tertiary/aromatic N) is 1. The SMILES string of the molecule is COc1ccc(CN2C[C@@H](S(=O)(=O)c3ccccc3)[C@@H](c3ccccc3)OC2=O)cc1. The second-order valence-corrected chi connectivity index (χ2v) is 9.51. The first-order chi connectivity index (χ1) is 15.0. The molecule has 1 fully saturated rings. The molecule has 3 aromatic carbocycles. The highest BCUT2D eigenvalue weighted by Crippen LogP contribution is 2.35. The van der Waals surface area contributed by atoms with Gasteiger partial charge < -0.3 is 14.4 Å². The lowest BCUT2D eigenvalue weighted by Crippen LogP contribution is -2.50. The summed E-state index contributed by atoms with van der Waals surface area (Å²) in [5.41, 5.74) is 1.51. The second kappa shape index (κ2) is 8.81. The maximum atomic E-state index is 13.5. The van der Waals surface area contributed by atoms with E-state index in [-0.39, 0.29) is 18.0 Å². The fourth-order valence-electron chi connectivity index (χ4n) is 3.70. The molecule has 0 aliphatic carbocycles. The molecule has 0 radical (unpaired) electrons. The highest BCUT2D eigenvalue weighted by atomic mass is 32.2. The third kappa shape index (κ3) is 4.41. The van der Waals surface area contributed by atoms with Crippen LogP contribution in [0.1, 0.15) is 17.2 Å². The van der Waals surface area contributed by atoms with Gasteiger partial charge in [0.05, 0.1) is 12.0 Å². The minimum Gasteiger partial charge on any atom is -0.497 e. The number of cyclic esters (lactones) is 1. The summed E-state index contributed by atoms with van der Waals surface area (Å²) in [6.07, 6.45) is -1.42. The summed E-state index contributed by atoms with van der Waals surface area (Å²) in [6.45, 7) is 0.271. The zero-order valence-electron chi connectivity index (χ0n) is 17.0. The summed E-state index contributed by atoms with van der Waals surface area (Å²) in [5.74, 6) is 0.707. The molecule has 0 aromatic heterocycles. The van der Waals surface area contributed by atoms with E-state index in [0.717, 1.165) is 5.56 Å². The van der Waals surface area contributed by atoms with Gasteiger partial charge in [0.1, 0.15) is 17.1 Å². The van der Waals surface area contributed by atoms with Gasteiger partial charge in [0.25, 0.3) is 0 Å². The Morgan fingerprint density at radius 1 is 0.935 bits per heavy atom. The Kier molecular flexibility index (Phi) is 5.95. The monoisotopic (exact) mass is 437 g/mol. The van der Waals surface area contributed by atoms with E-state index in [1.807, 2.05) is 18.2 Å². The van der Waals surface area contributed by atoms with Crippen molar-refractivity contribution in [1.82, 2.24) is 4.90 Å². The molecule has 7 heteroatoms. The van der Waals surface area contributed by atoms with Gasteiger partial charge in [-0.15, -0.1) is 0 Å². The predicted molar refractivity (Wildman–Crippen MR) is 116 cm³/mol. The molecule has 6 nitrogen and oxygen atoms in total. The number of benzene rings is 3. The van der Waals surface area contributed by atoms with Crippen LogP contribution in [0.2, 0.25) is 0 Å². The van der Waals surface area contributed by atoms with E-state index >= 15 is 0 Å². The molecule has 0 bridgehead atoms. The van der Waals surface area contributed by atoms with Gasteiger partial charge in [-0.3, -0.25) is 0 Å². The molecule has 0 unspecified atom stereocenters. The molecule has 1 aliphatic heterocycles. The molecule has 4 rings (SSSR count). The third-order valence-electron chi connectivity index (χ3n) is 5.35. The van der Waals surface area contributed by atoms with Crippen LogP contribution in [0.5, 0.6) is 5.75 Å². The number of carbonyl (C=O) groups excluding carboxylic acids is 1. The molecular formula is C24H23NO5S. The van der Waals surface area contributed by atoms with Crippen molar-refractivity contribution in [3.63, 3.8) is 0 Å². The van der Waals surface area contributed by atoms with Gasteiger partial charge in [0, 0.05) is 13.1 Å². The number of carbonyl (C=O) groups is 1. The van der Waals surface area contributed by atoms with Crippen LogP contribution in [-0.2, 0) is 21.1 Å². The van der Waals surface area contributed by atoms with Gasteiger partial charge >= 0.3 is 6.09 Å². The van der Waals surface area contributed by atoms with Crippen molar-refractivity contribution in [3.8, 4) is 5.75 Å². The van der Waals surface area contributed by atoms with Crippen LogP contribution in [0, 0.1) is 0 Å². The van der Waals surface area contributed by atoms with E-state index in [4.69, 9.17) is 9.47 Å². The Balaban J connectivity index is 1.67. The lowest BCUT2D eigenvalue weighted by molar-refractivity contribution is 0.0242. The molecule has 1 aliphatic rings. The Hall–Kier alpha value is -3.32. The number of rotatable bonds is 6. The van der Waals surface area contributed by atoms with Gasteiger partial charge in [-0.1, -0.05) is 60.7 Å². The Labute approximate surface area is 182 Å². The number of hydrogen-bond acceptors (Lipinski definition) is 5. The highest BCUT2D eigenvalue weighted by Gasteiger charge is 2.44. The minimum atomic E-state index is -3.76. The van der Waals surface area contributed by atoms with Crippen molar-refractivity contribution in [2.24, 2.45) is 0 Å². The zero-order chi connectivity index (χ0) is 21.8. The molecule has 0 saturated carbocycles. The first kappa shape index (κ1) is 20.9. The Bertz CT molecular complexity index is 1130. The van der Waals surface area contributed by atoms with E-state index in [1.165, 1.54) is 4.90 Å². The summed E-state index contributed by atoms with van der Waals surface area (Å²) >= 11 is 0. The lowest BCUT2D eigenvalue weighted by Gasteiger charge is -2.37. The maximum absolute atomic E-state index is 13.5. The molecule has 0 N–H and O–H groups in total. The average molecular weight is 438 g/mol. The summed E-state index contributed by atoms with van der Waals surface area (Å²) in [6, 6.07) is 24.6. The Morgan fingerprint density at radius 3 is 2.16 bits per heavy atom. The van der Waals surface area contributed by atoms with Crippen LogP contribution in [0.15, 0.2) is 89.8 Å². The van der Waals surface area contributed by atoms with Crippen molar-refractivity contribution in [3.05, 3.63) is 96.1 Å². The molecule has 160 valence electrons. The molecule has 3 aromatic rings. The fourth-order valence-corrected chi connectivity index (χ4v) is 5.50. The van der Waals surface area contributed by atoms with Gasteiger partial charge in [-0.25, -0.2) is 13.2 Å². The van der Waals surface area contributed by atoms with Crippen molar-refractivity contribution in [2.45, 2.75) is 22.8 Å². The van der Waals surface area contributed by atoms with Crippen molar-refractivity contribution in [2.75, 3.05) is 13.7 Å². The van der Waals surface area contributed by atoms with E-state index in [2.05, 4.69) is 0 Å². The third-order valence-corrected chi connectivity index (χ3v) is 7.48. The zero-order valence-corrected chi connectivity index (χ0v) is 17.9. The first-order valence-corrected chi connectivity index (χ1v) is 11.5. The largest absolute Gasteiger partial charge is 0.497 e. The minimum absolute atomic E-state index is 0.0294. The molecule has 1 amide bonds. The van der Waals surface area contributed by atoms with Crippen molar-refractivity contribution >= 4 is 15.9 Å². The summed E-state index contributed by atoms with van der Waals surface area (Å²) in [7, 11) is -2.17. The van der Waals surface area contributed by atoms with Gasteiger partial charge in [0.15, 0.2) is 9.84 Å². The summed E-state index contributed by atoms with van der Waals surface area (Å²) in [4.78, 5) is 14.4. The number of hydrogen-bond donors (Lipinski definition) is 0. The lowest BCUT2D eigenvalue weighted by atomic mass is 10.0. The number of amides is 1. The average Bonchev–Trinajstić information content (AvgIpc) is 2.81. The fraction of sp³-hybridized carbons (Fsp3) is 0.208. The predicted octanol–water partition coefficient (Wildman–Crippen LogP) is 4.23. The van der Waals surface area contributed by atoms with Gasteiger partial charge in [-0.05, 0) is 35.4 Å². The van der Waals surface area contributed by atoms with Crippen LogP contribution in [-0.4, -0.2) is 38.3 Å². The topological polar surface area (TPSA) is 72.9 Å². The highest BCUT2D eigenvalue weighted by molar-refractivity contribution is 7.92. The van der Waals surface area contributed by atoms with Crippen LogP contribution in [0.4, 0.5) is 4.79 Å². The summed E-state index contributed by atoms with van der Waals surface area (Å²) in [5, 5.41) is -0.937. The smallest absolute Gasteiger partial charge is 0.410 e. The van der Waals surface area contributed by atoms with Crippen molar-refractivity contribution < 1.29 is 22.7 Å². The Morgan fingerprint density at radius 2 is 1.55 bits per heavy atom. The second-order valence-electron chi connectivity index (χ2n) is 7.34. The van der Waals surface area contributed by atoms with Gasteiger partial charge in [0.2, 0.25) is 0 Å². The number of ether oxygens (including phenoxy) is 2. The summed E-state index contributed by atoms with van der Waals surface area (Å²) < 4.78 is 37.9. The van der Waals surface area contributed by atoms with E-state index < -0.39 is 27.3 Å².